The zero-order valence-electron chi connectivity index (χ0n) is 10.8. The van der Waals surface area contributed by atoms with Crippen molar-refractivity contribution in [1.82, 2.24) is 0 Å². The third-order valence-electron chi connectivity index (χ3n) is 3.34. The normalized spacial score (nSPS) is 16.2. The van der Waals surface area contributed by atoms with Crippen LogP contribution in [-0.2, 0) is 11.2 Å². The van der Waals surface area contributed by atoms with Gasteiger partial charge in [0.05, 0.1) is 10.7 Å². The number of hydrogen-bond acceptors (Lipinski definition) is 2. The number of para-hydroxylation sites is 1. The second-order valence-corrected chi connectivity index (χ2v) is 5.20. The van der Waals surface area contributed by atoms with Crippen LogP contribution in [0.4, 0.5) is 20.2 Å². The van der Waals surface area contributed by atoms with Crippen LogP contribution in [0.1, 0.15) is 5.56 Å². The summed E-state index contributed by atoms with van der Waals surface area (Å²) in [7, 11) is 0. The number of amides is 1. The first-order valence-corrected chi connectivity index (χ1v) is 6.72. The number of hydrogen-bond donors (Lipinski definition) is 2. The highest BCUT2D eigenvalue weighted by Gasteiger charge is 2.27. The second kappa shape index (κ2) is 5.33. The van der Waals surface area contributed by atoms with Crippen molar-refractivity contribution in [1.29, 1.82) is 0 Å². The Kier molecular flexibility index (Phi) is 3.51. The number of benzene rings is 2. The van der Waals surface area contributed by atoms with Gasteiger partial charge in [-0.2, -0.15) is 0 Å². The standard InChI is InChI=1S/C15H11ClF2N2O/c16-10-6-9(17)7-11(18)14(10)20-15(21)13-5-8-3-1-2-4-12(8)19-13/h1-4,6-7,13,19H,5H2,(H,20,21)/t13-/m0/s1. The van der Waals surface area contributed by atoms with Gasteiger partial charge in [0, 0.05) is 18.2 Å². The highest BCUT2D eigenvalue weighted by atomic mass is 35.5. The van der Waals surface area contributed by atoms with Gasteiger partial charge in [0.15, 0.2) is 5.82 Å². The molecule has 2 aromatic carbocycles. The number of anilines is 2. The summed E-state index contributed by atoms with van der Waals surface area (Å²) in [4.78, 5) is 12.2. The minimum atomic E-state index is -0.899. The molecule has 21 heavy (non-hydrogen) atoms. The molecule has 0 bridgehead atoms. The quantitative estimate of drug-likeness (QED) is 0.890. The molecule has 6 heteroatoms. The van der Waals surface area contributed by atoms with E-state index < -0.39 is 23.6 Å². The highest BCUT2D eigenvalue weighted by Crippen LogP contribution is 2.29. The fourth-order valence-corrected chi connectivity index (χ4v) is 2.57. The van der Waals surface area contributed by atoms with Crippen LogP contribution in [-0.4, -0.2) is 11.9 Å². The van der Waals surface area contributed by atoms with Crippen molar-refractivity contribution in [2.24, 2.45) is 0 Å². The molecule has 0 aromatic heterocycles. The molecule has 1 aliphatic heterocycles. The number of fused-ring (bicyclic) bond motifs is 1. The number of nitrogens with one attached hydrogen (secondary N) is 2. The van der Waals surface area contributed by atoms with Crippen LogP contribution in [0.15, 0.2) is 36.4 Å². The van der Waals surface area contributed by atoms with E-state index in [2.05, 4.69) is 10.6 Å². The third kappa shape index (κ3) is 2.69. The Hall–Kier alpha value is -2.14. The lowest BCUT2D eigenvalue weighted by atomic mass is 10.1. The van der Waals surface area contributed by atoms with Gasteiger partial charge in [0.25, 0.3) is 0 Å². The minimum Gasteiger partial charge on any atom is -0.373 e. The molecule has 1 amide bonds. The van der Waals surface area contributed by atoms with Crippen LogP contribution in [0.5, 0.6) is 0 Å². The number of rotatable bonds is 2. The van der Waals surface area contributed by atoms with E-state index in [1.807, 2.05) is 24.3 Å². The first-order chi connectivity index (χ1) is 10.0. The van der Waals surface area contributed by atoms with Crippen LogP contribution < -0.4 is 10.6 Å². The minimum absolute atomic E-state index is 0.170. The molecule has 0 aliphatic carbocycles. The van der Waals surface area contributed by atoms with E-state index in [-0.39, 0.29) is 10.7 Å². The molecule has 3 nitrogen and oxygen atoms in total. The van der Waals surface area contributed by atoms with Gasteiger partial charge in [0.2, 0.25) is 5.91 Å². The summed E-state index contributed by atoms with van der Waals surface area (Å²) in [6.07, 6.45) is 0.502. The molecule has 1 aliphatic rings. The smallest absolute Gasteiger partial charge is 0.247 e. The van der Waals surface area contributed by atoms with Crippen molar-refractivity contribution in [3.8, 4) is 0 Å². The first-order valence-electron chi connectivity index (χ1n) is 6.34. The highest BCUT2D eigenvalue weighted by molar-refractivity contribution is 6.33. The molecule has 0 fully saturated rings. The van der Waals surface area contributed by atoms with E-state index in [4.69, 9.17) is 11.6 Å². The molecule has 1 atom stereocenters. The van der Waals surface area contributed by atoms with Gasteiger partial charge in [-0.3, -0.25) is 4.79 Å². The first kappa shape index (κ1) is 13.8. The molecule has 108 valence electrons. The Morgan fingerprint density at radius 3 is 2.76 bits per heavy atom. The van der Waals surface area contributed by atoms with Crippen molar-refractivity contribution in [2.45, 2.75) is 12.5 Å². The van der Waals surface area contributed by atoms with Crippen LogP contribution >= 0.6 is 11.6 Å². The van der Waals surface area contributed by atoms with Gasteiger partial charge in [0.1, 0.15) is 11.9 Å². The molecular weight excluding hydrogens is 298 g/mol. The maximum absolute atomic E-state index is 13.7. The largest absolute Gasteiger partial charge is 0.373 e. The fraction of sp³-hybridized carbons (Fsp3) is 0.133. The van der Waals surface area contributed by atoms with Gasteiger partial charge in [-0.05, 0) is 17.7 Å². The maximum Gasteiger partial charge on any atom is 0.247 e. The van der Waals surface area contributed by atoms with Crippen molar-refractivity contribution >= 4 is 28.9 Å². The van der Waals surface area contributed by atoms with Crippen LogP contribution in [0, 0.1) is 11.6 Å². The number of carbonyl (C=O) groups excluding carboxylic acids is 1. The lowest BCUT2D eigenvalue weighted by molar-refractivity contribution is -0.116. The molecule has 0 saturated heterocycles. The Bertz CT molecular complexity index is 673. The summed E-state index contributed by atoms with van der Waals surface area (Å²) >= 11 is 5.76. The Morgan fingerprint density at radius 1 is 1.29 bits per heavy atom. The number of halogens is 3. The maximum atomic E-state index is 13.7. The molecule has 0 unspecified atom stereocenters. The predicted molar refractivity (Wildman–Crippen MR) is 77.6 cm³/mol. The molecule has 0 saturated carbocycles. The molecular formula is C15H11ClF2N2O. The molecule has 3 rings (SSSR count). The Labute approximate surface area is 124 Å². The van der Waals surface area contributed by atoms with Crippen molar-refractivity contribution in [3.05, 3.63) is 58.6 Å². The monoisotopic (exact) mass is 308 g/mol. The summed E-state index contributed by atoms with van der Waals surface area (Å²) in [6.45, 7) is 0. The van der Waals surface area contributed by atoms with Crippen molar-refractivity contribution in [3.63, 3.8) is 0 Å². The SMILES string of the molecule is O=C(Nc1c(F)cc(F)cc1Cl)[C@@H]1Cc2ccccc2N1. The molecule has 2 aromatic rings. The van der Waals surface area contributed by atoms with Crippen molar-refractivity contribution < 1.29 is 13.6 Å². The summed E-state index contributed by atoms with van der Waals surface area (Å²) in [6, 6.07) is 8.66. The van der Waals surface area contributed by atoms with E-state index in [1.165, 1.54) is 0 Å². The van der Waals surface area contributed by atoms with E-state index in [0.717, 1.165) is 17.3 Å². The van der Waals surface area contributed by atoms with E-state index in [0.29, 0.717) is 12.5 Å². The zero-order chi connectivity index (χ0) is 15.0. The fourth-order valence-electron chi connectivity index (χ4n) is 2.33. The summed E-state index contributed by atoms with van der Waals surface area (Å²) in [5.41, 5.74) is 1.69. The molecule has 1 heterocycles. The lowest BCUT2D eigenvalue weighted by Gasteiger charge is -2.13. The zero-order valence-corrected chi connectivity index (χ0v) is 11.5. The van der Waals surface area contributed by atoms with Gasteiger partial charge in [-0.25, -0.2) is 8.78 Å². The van der Waals surface area contributed by atoms with Gasteiger partial charge in [-0.1, -0.05) is 29.8 Å². The summed E-state index contributed by atoms with van der Waals surface area (Å²) in [5, 5.41) is 5.29. The van der Waals surface area contributed by atoms with Crippen LogP contribution in [0.3, 0.4) is 0 Å². The Balaban J connectivity index is 1.77. The molecule has 0 spiro atoms. The molecule has 0 radical (unpaired) electrons. The van der Waals surface area contributed by atoms with Gasteiger partial charge >= 0.3 is 0 Å². The van der Waals surface area contributed by atoms with Gasteiger partial charge < -0.3 is 10.6 Å². The average molecular weight is 309 g/mol. The lowest BCUT2D eigenvalue weighted by Crippen LogP contribution is -2.33. The average Bonchev–Trinajstić information content (AvgIpc) is 2.86. The van der Waals surface area contributed by atoms with Crippen LogP contribution in [0.25, 0.3) is 0 Å². The second-order valence-electron chi connectivity index (χ2n) is 4.79. The third-order valence-corrected chi connectivity index (χ3v) is 3.64. The summed E-state index contributed by atoms with van der Waals surface area (Å²) in [5.74, 6) is -2.11. The predicted octanol–water partition coefficient (Wildman–Crippen LogP) is 3.59. The molecule has 2 N–H and O–H groups in total. The van der Waals surface area contributed by atoms with Gasteiger partial charge in [-0.15, -0.1) is 0 Å². The summed E-state index contributed by atoms with van der Waals surface area (Å²) < 4.78 is 26.6. The van der Waals surface area contributed by atoms with E-state index in [9.17, 15) is 13.6 Å². The van der Waals surface area contributed by atoms with Crippen molar-refractivity contribution in [2.75, 3.05) is 10.6 Å². The van der Waals surface area contributed by atoms with E-state index in [1.54, 1.807) is 0 Å². The van der Waals surface area contributed by atoms with Crippen LogP contribution in [0.2, 0.25) is 5.02 Å². The number of carbonyl (C=O) groups is 1. The topological polar surface area (TPSA) is 41.1 Å². The van der Waals surface area contributed by atoms with E-state index >= 15 is 0 Å². The Morgan fingerprint density at radius 2 is 2.05 bits per heavy atom.